The second-order valence-corrected chi connectivity index (χ2v) is 7.12. The van der Waals surface area contributed by atoms with E-state index in [0.29, 0.717) is 0 Å². The van der Waals surface area contributed by atoms with E-state index in [0.717, 1.165) is 5.56 Å². The molecule has 0 spiro atoms. The molecule has 0 bridgehead atoms. The van der Waals surface area contributed by atoms with Crippen LogP contribution in [0.3, 0.4) is 0 Å². The second kappa shape index (κ2) is 15.2. The fraction of sp³-hybridized carbons (Fsp3) is 0.500. The van der Waals surface area contributed by atoms with E-state index in [1.165, 1.54) is 6.92 Å². The van der Waals surface area contributed by atoms with E-state index in [4.69, 9.17) is 19.9 Å². The van der Waals surface area contributed by atoms with E-state index in [2.05, 4.69) is 10.6 Å². The number of nitrogens with two attached hydrogens (primary N) is 1. The van der Waals surface area contributed by atoms with Gasteiger partial charge >= 0.3 is 18.0 Å². The lowest BCUT2D eigenvalue weighted by Gasteiger charge is -2.24. The van der Waals surface area contributed by atoms with Crippen molar-refractivity contribution in [2.45, 2.75) is 45.4 Å². The number of aliphatic hydroxyl groups is 1. The summed E-state index contributed by atoms with van der Waals surface area (Å²) in [5.74, 6) is -5.02. The smallest absolute Gasteiger partial charge is 0.407 e. The van der Waals surface area contributed by atoms with Crippen LogP contribution in [0.15, 0.2) is 30.3 Å². The number of carbonyl (C=O) groups excluding carboxylic acids is 5. The monoisotopic (exact) mass is 481 g/mol. The second-order valence-electron chi connectivity index (χ2n) is 7.12. The average Bonchev–Trinajstić information content (AvgIpc) is 2.79. The lowest BCUT2D eigenvalue weighted by molar-refractivity contribution is -0.157. The maximum absolute atomic E-state index is 12.3. The van der Waals surface area contributed by atoms with Crippen molar-refractivity contribution >= 4 is 29.8 Å². The lowest BCUT2D eigenvalue weighted by atomic mass is 9.95. The predicted molar refractivity (Wildman–Crippen MR) is 118 cm³/mol. The Labute approximate surface area is 197 Å². The summed E-state index contributed by atoms with van der Waals surface area (Å²) >= 11 is 0. The molecule has 34 heavy (non-hydrogen) atoms. The van der Waals surface area contributed by atoms with E-state index in [1.54, 1.807) is 31.2 Å². The van der Waals surface area contributed by atoms with Gasteiger partial charge in [-0.3, -0.25) is 19.2 Å². The van der Waals surface area contributed by atoms with Crippen molar-refractivity contribution in [1.29, 1.82) is 0 Å². The minimum absolute atomic E-state index is 0.0255. The first kappa shape index (κ1) is 28.4. The summed E-state index contributed by atoms with van der Waals surface area (Å²) in [5, 5.41) is 14.6. The van der Waals surface area contributed by atoms with Gasteiger partial charge < -0.3 is 35.7 Å². The molecule has 0 saturated heterocycles. The van der Waals surface area contributed by atoms with Gasteiger partial charge in [-0.15, -0.1) is 0 Å². The molecule has 0 heterocycles. The minimum Gasteiger partial charge on any atom is -0.466 e. The van der Waals surface area contributed by atoms with Gasteiger partial charge in [0.15, 0.2) is 0 Å². The first-order valence-corrected chi connectivity index (χ1v) is 10.7. The number of benzene rings is 1. The Morgan fingerprint density at radius 2 is 1.62 bits per heavy atom. The van der Waals surface area contributed by atoms with Crippen LogP contribution in [0.5, 0.6) is 0 Å². The molecule has 0 fully saturated rings. The van der Waals surface area contributed by atoms with E-state index in [9.17, 15) is 29.1 Å². The van der Waals surface area contributed by atoms with Crippen LogP contribution in [0.1, 0.15) is 32.3 Å². The first-order valence-electron chi connectivity index (χ1n) is 10.7. The summed E-state index contributed by atoms with van der Waals surface area (Å²) in [6, 6.07) is 7.36. The molecule has 3 amide bonds. The number of primary amides is 1. The van der Waals surface area contributed by atoms with Crippen LogP contribution in [0.2, 0.25) is 0 Å². The van der Waals surface area contributed by atoms with Gasteiger partial charge in [0.25, 0.3) is 0 Å². The van der Waals surface area contributed by atoms with Crippen molar-refractivity contribution in [3.63, 3.8) is 0 Å². The number of rotatable bonds is 14. The van der Waals surface area contributed by atoms with E-state index in [-0.39, 0.29) is 26.4 Å². The number of hydrogen-bond donors (Lipinski definition) is 4. The Morgan fingerprint density at radius 1 is 0.971 bits per heavy atom. The standard InChI is InChI=1S/C22H31N3O9/c1-3-32-18(28)11-16(21(30)33-4-2)19(20(23)29)25-17(27)10-15(26)12-24-22(31)34-13-14-8-6-5-7-9-14/h5-9,15-16,19,26H,3-4,10-13H2,1-2H3,(H2,23,29)(H,24,31)(H,25,27)/t15-,16-,19-/m0/s1. The summed E-state index contributed by atoms with van der Waals surface area (Å²) < 4.78 is 14.7. The van der Waals surface area contributed by atoms with Crippen molar-refractivity contribution in [2.24, 2.45) is 11.7 Å². The largest absolute Gasteiger partial charge is 0.466 e. The summed E-state index contributed by atoms with van der Waals surface area (Å²) in [5.41, 5.74) is 6.10. The molecule has 0 unspecified atom stereocenters. The van der Waals surface area contributed by atoms with Gasteiger partial charge in [0.05, 0.1) is 38.1 Å². The van der Waals surface area contributed by atoms with Crippen molar-refractivity contribution < 1.29 is 43.3 Å². The van der Waals surface area contributed by atoms with Gasteiger partial charge in [0.2, 0.25) is 11.8 Å². The maximum Gasteiger partial charge on any atom is 0.407 e. The van der Waals surface area contributed by atoms with Gasteiger partial charge in [-0.25, -0.2) is 4.79 Å². The van der Waals surface area contributed by atoms with Crippen molar-refractivity contribution in [3.8, 4) is 0 Å². The zero-order chi connectivity index (χ0) is 25.5. The molecule has 1 aromatic carbocycles. The van der Waals surface area contributed by atoms with Crippen LogP contribution in [0, 0.1) is 5.92 Å². The lowest BCUT2D eigenvalue weighted by Crippen LogP contribution is -2.53. The minimum atomic E-state index is -1.58. The average molecular weight is 482 g/mol. The van der Waals surface area contributed by atoms with Gasteiger partial charge in [-0.1, -0.05) is 30.3 Å². The number of ether oxygens (including phenoxy) is 3. The Bertz CT molecular complexity index is 832. The summed E-state index contributed by atoms with van der Waals surface area (Å²) in [7, 11) is 0. The molecule has 12 nitrogen and oxygen atoms in total. The predicted octanol–water partition coefficient (Wildman–Crippen LogP) is -0.234. The number of alkyl carbamates (subject to hydrolysis) is 1. The van der Waals surface area contributed by atoms with Gasteiger partial charge in [-0.2, -0.15) is 0 Å². The topological polar surface area (TPSA) is 183 Å². The highest BCUT2D eigenvalue weighted by Crippen LogP contribution is 2.14. The third kappa shape index (κ3) is 10.8. The van der Waals surface area contributed by atoms with Gasteiger partial charge in [0, 0.05) is 6.54 Å². The van der Waals surface area contributed by atoms with Crippen LogP contribution in [-0.4, -0.2) is 66.9 Å². The SMILES string of the molecule is CCOC(=O)C[C@H](C(=O)OCC)[C@H](NC(=O)C[C@H](O)CNC(=O)OCc1ccccc1)C(N)=O. The van der Waals surface area contributed by atoms with Gasteiger partial charge in [-0.05, 0) is 19.4 Å². The fourth-order valence-electron chi connectivity index (χ4n) is 2.85. The molecule has 12 heteroatoms. The molecule has 0 aliphatic heterocycles. The van der Waals surface area contributed by atoms with Gasteiger partial charge in [0.1, 0.15) is 12.6 Å². The number of carbonyl (C=O) groups is 5. The fourth-order valence-corrected chi connectivity index (χ4v) is 2.85. The molecular formula is C22H31N3O9. The summed E-state index contributed by atoms with van der Waals surface area (Å²) in [6.07, 6.45) is -3.20. The van der Waals surface area contributed by atoms with Crippen LogP contribution >= 0.6 is 0 Å². The molecular weight excluding hydrogens is 450 g/mol. The number of nitrogens with one attached hydrogen (secondary N) is 2. The molecule has 0 aromatic heterocycles. The Balaban J connectivity index is 2.62. The molecule has 1 aromatic rings. The molecule has 0 radical (unpaired) electrons. The zero-order valence-corrected chi connectivity index (χ0v) is 19.2. The Morgan fingerprint density at radius 3 is 2.21 bits per heavy atom. The Kier molecular flexibility index (Phi) is 12.7. The van der Waals surface area contributed by atoms with E-state index in [1.807, 2.05) is 6.07 Å². The molecule has 188 valence electrons. The summed E-state index contributed by atoms with van der Waals surface area (Å²) in [4.78, 5) is 60.1. The van der Waals surface area contributed by atoms with E-state index >= 15 is 0 Å². The molecule has 0 aliphatic rings. The first-order chi connectivity index (χ1) is 16.2. The molecule has 5 N–H and O–H groups in total. The summed E-state index contributed by atoms with van der Waals surface area (Å²) in [6.45, 7) is 2.84. The Hall–Kier alpha value is -3.67. The molecule has 0 aliphatic carbocycles. The maximum atomic E-state index is 12.3. The molecule has 1 rings (SSSR count). The number of aliphatic hydroxyl groups excluding tert-OH is 1. The quantitative estimate of drug-likeness (QED) is 0.206. The normalized spacial score (nSPS) is 13.0. The zero-order valence-electron chi connectivity index (χ0n) is 19.2. The number of esters is 2. The van der Waals surface area contributed by atoms with E-state index < -0.39 is 60.8 Å². The van der Waals surface area contributed by atoms with Crippen molar-refractivity contribution in [3.05, 3.63) is 35.9 Å². The van der Waals surface area contributed by atoms with Crippen LogP contribution in [-0.2, 0) is 40.0 Å². The number of amides is 3. The van der Waals surface area contributed by atoms with Crippen molar-refractivity contribution in [2.75, 3.05) is 19.8 Å². The van der Waals surface area contributed by atoms with Crippen molar-refractivity contribution in [1.82, 2.24) is 10.6 Å². The highest BCUT2D eigenvalue weighted by Gasteiger charge is 2.37. The third-order valence-corrected chi connectivity index (χ3v) is 4.42. The van der Waals surface area contributed by atoms with Crippen LogP contribution in [0.4, 0.5) is 4.79 Å². The number of hydrogen-bond acceptors (Lipinski definition) is 9. The highest BCUT2D eigenvalue weighted by atomic mass is 16.6. The third-order valence-electron chi connectivity index (χ3n) is 4.42. The molecule has 3 atom stereocenters. The molecule has 0 saturated carbocycles. The van der Waals surface area contributed by atoms with Crippen LogP contribution < -0.4 is 16.4 Å². The highest BCUT2D eigenvalue weighted by molar-refractivity contribution is 5.93. The van der Waals surface area contributed by atoms with Crippen LogP contribution in [0.25, 0.3) is 0 Å².